The minimum atomic E-state index is -0.398. The molecule has 0 aliphatic heterocycles. The molecule has 6 heteroatoms. The van der Waals surface area contributed by atoms with Crippen molar-refractivity contribution in [1.29, 1.82) is 0 Å². The maximum Gasteiger partial charge on any atom is 0.311 e. The first kappa shape index (κ1) is 18.7. The van der Waals surface area contributed by atoms with E-state index in [9.17, 15) is 9.59 Å². The van der Waals surface area contributed by atoms with Crippen LogP contribution in [0.1, 0.15) is 23.9 Å². The molecule has 2 heterocycles. The lowest BCUT2D eigenvalue weighted by Crippen LogP contribution is -2.18. The number of nitrogens with zero attached hydrogens (tertiary/aromatic N) is 2. The molecule has 0 radical (unpaired) electrons. The summed E-state index contributed by atoms with van der Waals surface area (Å²) in [7, 11) is 0. The van der Waals surface area contributed by atoms with Crippen LogP contribution in [0.25, 0.3) is 16.8 Å². The van der Waals surface area contributed by atoms with Crippen molar-refractivity contribution in [2.75, 3.05) is 6.61 Å². The summed E-state index contributed by atoms with van der Waals surface area (Å²) in [5.74, 6) is -0.398. The van der Waals surface area contributed by atoms with Crippen LogP contribution in [0.15, 0.2) is 71.5 Å². The summed E-state index contributed by atoms with van der Waals surface area (Å²) in [6.45, 7) is 2.04. The minimum absolute atomic E-state index is 0.0347. The van der Waals surface area contributed by atoms with E-state index >= 15 is 0 Å². The van der Waals surface area contributed by atoms with Crippen LogP contribution < -0.4 is 5.56 Å². The highest BCUT2D eigenvalue weighted by Crippen LogP contribution is 2.28. The van der Waals surface area contributed by atoms with Crippen molar-refractivity contribution in [1.82, 2.24) is 14.6 Å². The van der Waals surface area contributed by atoms with Crippen molar-refractivity contribution >= 4 is 11.6 Å². The summed E-state index contributed by atoms with van der Waals surface area (Å²) < 4.78 is 6.44. The molecule has 0 amide bonds. The van der Waals surface area contributed by atoms with Crippen LogP contribution in [0, 0.1) is 0 Å². The summed E-state index contributed by atoms with van der Waals surface area (Å²) in [5, 5.41) is 3.21. The molecule has 0 fully saturated rings. The number of aromatic nitrogens is 3. The Morgan fingerprint density at radius 1 is 1.07 bits per heavy atom. The number of benzene rings is 2. The maximum absolute atomic E-state index is 12.7. The maximum atomic E-state index is 12.7. The summed E-state index contributed by atoms with van der Waals surface area (Å²) in [6.07, 6.45) is 0.591. The van der Waals surface area contributed by atoms with Gasteiger partial charge < -0.3 is 4.74 Å². The number of fused-ring (bicyclic) bond motifs is 1. The second-order valence-corrected chi connectivity index (χ2v) is 6.72. The SMILES string of the molecule is CCOC(=O)Cc1cc(=O)n2[nH]c(Cc3ccccc3)c(-c3ccccc3)c2n1. The first-order valence-electron chi connectivity index (χ1n) is 9.54. The monoisotopic (exact) mass is 387 g/mol. The smallest absolute Gasteiger partial charge is 0.311 e. The lowest BCUT2D eigenvalue weighted by atomic mass is 10.0. The Morgan fingerprint density at radius 3 is 2.45 bits per heavy atom. The third-order valence-corrected chi connectivity index (χ3v) is 4.66. The molecule has 2 aromatic carbocycles. The van der Waals surface area contributed by atoms with E-state index < -0.39 is 5.97 Å². The van der Waals surface area contributed by atoms with Gasteiger partial charge >= 0.3 is 5.97 Å². The highest BCUT2D eigenvalue weighted by Gasteiger charge is 2.18. The van der Waals surface area contributed by atoms with Gasteiger partial charge in [0.15, 0.2) is 5.65 Å². The second-order valence-electron chi connectivity index (χ2n) is 6.72. The van der Waals surface area contributed by atoms with E-state index in [1.807, 2.05) is 60.7 Å². The van der Waals surface area contributed by atoms with Gasteiger partial charge in [-0.3, -0.25) is 14.7 Å². The predicted molar refractivity (Wildman–Crippen MR) is 111 cm³/mol. The first-order chi connectivity index (χ1) is 14.2. The third-order valence-electron chi connectivity index (χ3n) is 4.66. The Bertz CT molecular complexity index is 1190. The Balaban J connectivity index is 1.87. The van der Waals surface area contributed by atoms with Gasteiger partial charge in [-0.15, -0.1) is 0 Å². The van der Waals surface area contributed by atoms with Crippen LogP contribution in [-0.4, -0.2) is 27.2 Å². The van der Waals surface area contributed by atoms with Crippen molar-refractivity contribution in [2.24, 2.45) is 0 Å². The normalized spacial score (nSPS) is 10.9. The molecular formula is C23H21N3O3. The lowest BCUT2D eigenvalue weighted by molar-refractivity contribution is -0.142. The molecule has 0 atom stereocenters. The van der Waals surface area contributed by atoms with Crippen LogP contribution >= 0.6 is 0 Å². The molecular weight excluding hydrogens is 366 g/mol. The van der Waals surface area contributed by atoms with E-state index in [4.69, 9.17) is 4.74 Å². The number of aromatic amines is 1. The molecule has 0 saturated carbocycles. The van der Waals surface area contributed by atoms with Gasteiger partial charge in [-0.1, -0.05) is 60.7 Å². The molecule has 0 aliphatic rings. The van der Waals surface area contributed by atoms with Gasteiger partial charge in [-0.2, -0.15) is 0 Å². The number of H-pyrrole nitrogens is 1. The molecule has 1 N–H and O–H groups in total. The van der Waals surface area contributed by atoms with E-state index in [-0.39, 0.29) is 12.0 Å². The molecule has 4 rings (SSSR count). The molecule has 0 aliphatic carbocycles. The molecule has 29 heavy (non-hydrogen) atoms. The first-order valence-corrected chi connectivity index (χ1v) is 9.54. The largest absolute Gasteiger partial charge is 0.466 e. The van der Waals surface area contributed by atoms with E-state index in [2.05, 4.69) is 10.1 Å². The Hall–Kier alpha value is -3.67. The van der Waals surface area contributed by atoms with Crippen LogP contribution in [0.5, 0.6) is 0 Å². The zero-order valence-electron chi connectivity index (χ0n) is 16.1. The average molecular weight is 387 g/mol. The van der Waals surface area contributed by atoms with Crippen LogP contribution in [-0.2, 0) is 22.4 Å². The average Bonchev–Trinajstić information content (AvgIpc) is 3.08. The molecule has 0 unspecified atom stereocenters. The van der Waals surface area contributed by atoms with Gasteiger partial charge in [-0.25, -0.2) is 9.50 Å². The van der Waals surface area contributed by atoms with Gasteiger partial charge in [0.05, 0.1) is 18.7 Å². The fourth-order valence-electron chi connectivity index (χ4n) is 3.42. The van der Waals surface area contributed by atoms with E-state index in [1.165, 1.54) is 10.6 Å². The van der Waals surface area contributed by atoms with Crippen molar-refractivity contribution in [3.05, 3.63) is 94.0 Å². The summed E-state index contributed by atoms with van der Waals surface area (Å²) in [6, 6.07) is 21.2. The molecule has 2 aromatic heterocycles. The highest BCUT2D eigenvalue weighted by molar-refractivity contribution is 5.80. The van der Waals surface area contributed by atoms with Crippen LogP contribution in [0.4, 0.5) is 0 Å². The van der Waals surface area contributed by atoms with Gasteiger partial charge in [0.1, 0.15) is 0 Å². The summed E-state index contributed by atoms with van der Waals surface area (Å²) in [5.41, 5.74) is 4.47. The summed E-state index contributed by atoms with van der Waals surface area (Å²) in [4.78, 5) is 29.2. The van der Waals surface area contributed by atoms with Crippen LogP contribution in [0.2, 0.25) is 0 Å². The molecule has 146 valence electrons. The molecule has 0 spiro atoms. The molecule has 0 bridgehead atoms. The van der Waals surface area contributed by atoms with E-state index in [0.717, 1.165) is 22.4 Å². The van der Waals surface area contributed by atoms with Crippen LogP contribution in [0.3, 0.4) is 0 Å². The lowest BCUT2D eigenvalue weighted by Gasteiger charge is -2.05. The predicted octanol–water partition coefficient (Wildman–Crippen LogP) is 3.39. The van der Waals surface area contributed by atoms with Crippen molar-refractivity contribution < 1.29 is 9.53 Å². The van der Waals surface area contributed by atoms with Gasteiger partial charge in [0.25, 0.3) is 5.56 Å². The number of nitrogens with one attached hydrogen (secondary N) is 1. The topological polar surface area (TPSA) is 76.5 Å². The van der Waals surface area contributed by atoms with E-state index in [1.54, 1.807) is 6.92 Å². The van der Waals surface area contributed by atoms with Crippen molar-refractivity contribution in [3.63, 3.8) is 0 Å². The number of rotatable bonds is 6. The van der Waals surface area contributed by atoms with Gasteiger partial charge in [-0.05, 0) is 18.1 Å². The standard InChI is InChI=1S/C23H21N3O3/c1-2-29-21(28)15-18-14-20(27)26-23(24-18)22(17-11-7-4-8-12-17)19(25-26)13-16-9-5-3-6-10-16/h3-12,14,25H,2,13,15H2,1H3. The van der Waals surface area contributed by atoms with Gasteiger partial charge in [0, 0.05) is 23.7 Å². The van der Waals surface area contributed by atoms with Crippen molar-refractivity contribution in [3.8, 4) is 11.1 Å². The second kappa shape index (κ2) is 8.14. The molecule has 4 aromatic rings. The number of carbonyl (C=O) groups excluding carboxylic acids is 1. The Morgan fingerprint density at radius 2 is 1.76 bits per heavy atom. The fraction of sp³-hybridized carbons (Fsp3) is 0.174. The number of carbonyl (C=O) groups is 1. The quantitative estimate of drug-likeness (QED) is 0.515. The minimum Gasteiger partial charge on any atom is -0.466 e. The third kappa shape index (κ3) is 3.96. The Kier molecular flexibility index (Phi) is 5.24. The van der Waals surface area contributed by atoms with Crippen molar-refractivity contribution in [2.45, 2.75) is 19.8 Å². The number of ether oxygens (including phenoxy) is 1. The zero-order valence-corrected chi connectivity index (χ0v) is 16.1. The molecule has 0 saturated heterocycles. The number of hydrogen-bond donors (Lipinski definition) is 1. The summed E-state index contributed by atoms with van der Waals surface area (Å²) >= 11 is 0. The van der Waals surface area contributed by atoms with E-state index in [0.29, 0.717) is 24.4 Å². The van der Waals surface area contributed by atoms with Gasteiger partial charge in [0.2, 0.25) is 0 Å². The number of hydrogen-bond acceptors (Lipinski definition) is 4. The fourth-order valence-corrected chi connectivity index (χ4v) is 3.42. The Labute approximate surface area is 167 Å². The highest BCUT2D eigenvalue weighted by atomic mass is 16.5. The zero-order chi connectivity index (χ0) is 20.2. The molecule has 6 nitrogen and oxygen atoms in total. The number of esters is 1.